The molecule has 1 fully saturated rings. The third-order valence-electron chi connectivity index (χ3n) is 3.67. The van der Waals surface area contributed by atoms with Gasteiger partial charge >= 0.3 is 0 Å². The lowest BCUT2D eigenvalue weighted by atomic mass is 9.97. The molecule has 1 aromatic rings. The molecule has 0 aromatic carbocycles. The fourth-order valence-electron chi connectivity index (χ4n) is 2.35. The zero-order valence-electron chi connectivity index (χ0n) is 11.1. The predicted molar refractivity (Wildman–Crippen MR) is 82.0 cm³/mol. The molecule has 1 aliphatic heterocycles. The van der Waals surface area contributed by atoms with Gasteiger partial charge in [0.25, 0.3) is 0 Å². The van der Waals surface area contributed by atoms with Crippen LogP contribution in [0.25, 0.3) is 0 Å². The molecule has 0 unspecified atom stereocenters. The van der Waals surface area contributed by atoms with Gasteiger partial charge in [-0.05, 0) is 44.5 Å². The summed E-state index contributed by atoms with van der Waals surface area (Å²) in [5.74, 6) is 1.61. The van der Waals surface area contributed by atoms with Crippen molar-refractivity contribution >= 4 is 34.8 Å². The third-order valence-corrected chi connectivity index (χ3v) is 4.26. The lowest BCUT2D eigenvalue weighted by molar-refractivity contribution is 0.198. The van der Waals surface area contributed by atoms with E-state index in [2.05, 4.69) is 22.1 Å². The number of likely N-dealkylation sites (tertiary alicyclic amines) is 1. The van der Waals surface area contributed by atoms with Gasteiger partial charge in [0.1, 0.15) is 11.6 Å². The van der Waals surface area contributed by atoms with E-state index in [0.29, 0.717) is 27.6 Å². The summed E-state index contributed by atoms with van der Waals surface area (Å²) in [6.45, 7) is 6.57. The van der Waals surface area contributed by atoms with Crippen molar-refractivity contribution in [3.05, 3.63) is 16.1 Å². The van der Waals surface area contributed by atoms with E-state index >= 15 is 0 Å². The van der Waals surface area contributed by atoms with Crippen LogP contribution in [0.1, 0.15) is 19.8 Å². The van der Waals surface area contributed by atoms with E-state index in [-0.39, 0.29) is 0 Å². The topological polar surface area (TPSA) is 54.2 Å². The maximum absolute atomic E-state index is 6.09. The first kappa shape index (κ1) is 14.7. The molecular weight excluding hydrogens is 283 g/mol. The minimum absolute atomic E-state index is 0.314. The molecular formula is C13H20Cl2N4. The highest BCUT2D eigenvalue weighted by Crippen LogP contribution is 2.28. The molecule has 106 valence electrons. The SMILES string of the molecule is CCN1CCC(CNc2nc(N)c(Cl)cc2Cl)CC1. The van der Waals surface area contributed by atoms with Gasteiger partial charge in [0.05, 0.1) is 10.0 Å². The van der Waals surface area contributed by atoms with Crippen molar-refractivity contribution in [1.29, 1.82) is 0 Å². The predicted octanol–water partition coefficient (Wildman–Crippen LogP) is 3.11. The summed E-state index contributed by atoms with van der Waals surface area (Å²) in [5.41, 5.74) is 5.69. The van der Waals surface area contributed by atoms with E-state index in [1.54, 1.807) is 6.07 Å². The van der Waals surface area contributed by atoms with Crippen LogP contribution in [0.4, 0.5) is 11.6 Å². The fraction of sp³-hybridized carbons (Fsp3) is 0.615. The quantitative estimate of drug-likeness (QED) is 0.897. The van der Waals surface area contributed by atoms with Gasteiger partial charge < -0.3 is 16.0 Å². The van der Waals surface area contributed by atoms with Crippen molar-refractivity contribution < 1.29 is 0 Å². The molecule has 1 saturated heterocycles. The Balaban J connectivity index is 1.88. The number of aromatic nitrogens is 1. The van der Waals surface area contributed by atoms with Crippen LogP contribution in [0.2, 0.25) is 10.0 Å². The van der Waals surface area contributed by atoms with Crippen LogP contribution in [0.3, 0.4) is 0 Å². The van der Waals surface area contributed by atoms with Crippen LogP contribution in [-0.4, -0.2) is 36.1 Å². The third kappa shape index (κ3) is 3.88. The van der Waals surface area contributed by atoms with Gasteiger partial charge in [0.2, 0.25) is 0 Å². The minimum Gasteiger partial charge on any atom is -0.382 e. The van der Waals surface area contributed by atoms with Crippen LogP contribution < -0.4 is 11.1 Å². The van der Waals surface area contributed by atoms with Crippen LogP contribution in [-0.2, 0) is 0 Å². The zero-order valence-corrected chi connectivity index (χ0v) is 12.6. The van der Waals surface area contributed by atoms with Crippen molar-refractivity contribution in [3.8, 4) is 0 Å². The molecule has 3 N–H and O–H groups in total. The number of hydrogen-bond donors (Lipinski definition) is 2. The highest BCUT2D eigenvalue weighted by molar-refractivity contribution is 6.37. The van der Waals surface area contributed by atoms with E-state index in [4.69, 9.17) is 28.9 Å². The normalized spacial score (nSPS) is 17.6. The molecule has 2 rings (SSSR count). The van der Waals surface area contributed by atoms with Gasteiger partial charge in [-0.1, -0.05) is 30.1 Å². The Bertz CT molecular complexity index is 431. The number of nitrogens with one attached hydrogen (secondary N) is 1. The summed E-state index contributed by atoms with van der Waals surface area (Å²) in [6, 6.07) is 1.63. The number of pyridine rings is 1. The molecule has 1 aromatic heterocycles. The summed E-state index contributed by atoms with van der Waals surface area (Å²) >= 11 is 12.0. The highest BCUT2D eigenvalue weighted by Gasteiger charge is 2.18. The summed E-state index contributed by atoms with van der Waals surface area (Å²) in [6.07, 6.45) is 2.42. The molecule has 0 bridgehead atoms. The average Bonchev–Trinajstić information content (AvgIpc) is 2.42. The molecule has 19 heavy (non-hydrogen) atoms. The first-order valence-electron chi connectivity index (χ1n) is 6.68. The molecule has 0 amide bonds. The maximum Gasteiger partial charge on any atom is 0.147 e. The second kappa shape index (κ2) is 6.64. The first-order valence-corrected chi connectivity index (χ1v) is 7.43. The number of hydrogen-bond acceptors (Lipinski definition) is 4. The van der Waals surface area contributed by atoms with Crippen LogP contribution in [0.5, 0.6) is 0 Å². The van der Waals surface area contributed by atoms with E-state index in [1.807, 2.05) is 0 Å². The Morgan fingerprint density at radius 3 is 2.68 bits per heavy atom. The fourth-order valence-corrected chi connectivity index (χ4v) is 2.78. The number of anilines is 2. The number of halogens is 2. The van der Waals surface area contributed by atoms with E-state index < -0.39 is 0 Å². The van der Waals surface area contributed by atoms with Crippen molar-refractivity contribution in [2.24, 2.45) is 5.92 Å². The molecule has 0 atom stereocenters. The van der Waals surface area contributed by atoms with Crippen LogP contribution >= 0.6 is 23.2 Å². The summed E-state index contributed by atoms with van der Waals surface area (Å²) in [5, 5.41) is 4.20. The molecule has 6 heteroatoms. The van der Waals surface area contributed by atoms with E-state index in [1.165, 1.54) is 25.9 Å². The summed E-state index contributed by atoms with van der Waals surface area (Å²) in [7, 11) is 0. The Kier molecular flexibility index (Phi) is 5.13. The lowest BCUT2D eigenvalue weighted by Crippen LogP contribution is -2.35. The molecule has 0 saturated carbocycles. The largest absolute Gasteiger partial charge is 0.382 e. The number of rotatable bonds is 4. The Morgan fingerprint density at radius 2 is 2.05 bits per heavy atom. The van der Waals surface area contributed by atoms with Gasteiger partial charge in [-0.2, -0.15) is 0 Å². The van der Waals surface area contributed by atoms with Gasteiger partial charge in [-0.25, -0.2) is 4.98 Å². The van der Waals surface area contributed by atoms with Crippen LogP contribution in [0.15, 0.2) is 6.07 Å². The molecule has 0 radical (unpaired) electrons. The summed E-state index contributed by atoms with van der Waals surface area (Å²) < 4.78 is 0. The average molecular weight is 303 g/mol. The Labute approximate surface area is 124 Å². The van der Waals surface area contributed by atoms with Gasteiger partial charge in [0.15, 0.2) is 0 Å². The lowest BCUT2D eigenvalue weighted by Gasteiger charge is -2.31. The second-order valence-corrected chi connectivity index (χ2v) is 5.76. The van der Waals surface area contributed by atoms with Gasteiger partial charge in [-0.15, -0.1) is 0 Å². The first-order chi connectivity index (χ1) is 9.10. The standard InChI is InChI=1S/C13H20Cl2N4/c1-2-19-5-3-9(4-6-19)8-17-13-11(15)7-10(14)12(16)18-13/h7,9H,2-6,8H2,1H3,(H3,16,17,18). The van der Waals surface area contributed by atoms with Crippen LogP contribution in [0, 0.1) is 5.92 Å². The Hall–Kier alpha value is -0.710. The van der Waals surface area contributed by atoms with Crippen molar-refractivity contribution in [2.75, 3.05) is 37.2 Å². The highest BCUT2D eigenvalue weighted by atomic mass is 35.5. The van der Waals surface area contributed by atoms with E-state index in [9.17, 15) is 0 Å². The Morgan fingerprint density at radius 1 is 1.37 bits per heavy atom. The molecule has 1 aliphatic rings. The van der Waals surface area contributed by atoms with E-state index in [0.717, 1.165) is 13.1 Å². The van der Waals surface area contributed by atoms with Gasteiger partial charge in [0, 0.05) is 6.54 Å². The maximum atomic E-state index is 6.09. The van der Waals surface area contributed by atoms with Crippen molar-refractivity contribution in [1.82, 2.24) is 9.88 Å². The monoisotopic (exact) mass is 302 g/mol. The smallest absolute Gasteiger partial charge is 0.147 e. The van der Waals surface area contributed by atoms with Crippen molar-refractivity contribution in [3.63, 3.8) is 0 Å². The molecule has 0 spiro atoms. The second-order valence-electron chi connectivity index (χ2n) is 4.94. The molecule has 0 aliphatic carbocycles. The molecule has 2 heterocycles. The number of nitrogen functional groups attached to an aromatic ring is 1. The molecule has 4 nitrogen and oxygen atoms in total. The van der Waals surface area contributed by atoms with Crippen molar-refractivity contribution in [2.45, 2.75) is 19.8 Å². The number of nitrogens with zero attached hydrogens (tertiary/aromatic N) is 2. The van der Waals surface area contributed by atoms with Gasteiger partial charge in [-0.3, -0.25) is 0 Å². The number of nitrogens with two attached hydrogens (primary N) is 1. The summed E-state index contributed by atoms with van der Waals surface area (Å²) in [4.78, 5) is 6.65. The minimum atomic E-state index is 0.314. The number of piperidine rings is 1. The zero-order chi connectivity index (χ0) is 13.8.